The fourth-order valence-corrected chi connectivity index (χ4v) is 4.05. The lowest BCUT2D eigenvalue weighted by Crippen LogP contribution is -2.47. The topological polar surface area (TPSA) is 15.3 Å². The van der Waals surface area contributed by atoms with Gasteiger partial charge in [-0.3, -0.25) is 0 Å². The predicted molar refractivity (Wildman–Crippen MR) is 83.5 cm³/mol. The van der Waals surface area contributed by atoms with Crippen molar-refractivity contribution in [2.75, 3.05) is 20.1 Å². The van der Waals surface area contributed by atoms with E-state index in [2.05, 4.69) is 24.2 Å². The Hall–Kier alpha value is -0.0800. The molecule has 2 saturated carbocycles. The number of hydrogen-bond acceptors (Lipinski definition) is 2. The summed E-state index contributed by atoms with van der Waals surface area (Å²) in [6.45, 7) is 4.75. The van der Waals surface area contributed by atoms with Crippen LogP contribution in [0.5, 0.6) is 0 Å². The van der Waals surface area contributed by atoms with Crippen molar-refractivity contribution in [2.24, 2.45) is 5.92 Å². The highest BCUT2D eigenvalue weighted by Gasteiger charge is 2.27. The maximum absolute atomic E-state index is 3.85. The second kappa shape index (κ2) is 8.26. The lowest BCUT2D eigenvalue weighted by atomic mass is 9.83. The molecule has 19 heavy (non-hydrogen) atoms. The number of nitrogens with one attached hydrogen (secondary N) is 1. The van der Waals surface area contributed by atoms with Gasteiger partial charge in [0.25, 0.3) is 0 Å². The molecule has 2 aliphatic carbocycles. The summed E-state index contributed by atoms with van der Waals surface area (Å²) in [5.74, 6) is 0.934. The van der Waals surface area contributed by atoms with E-state index in [4.69, 9.17) is 0 Å². The van der Waals surface area contributed by atoms with Gasteiger partial charge >= 0.3 is 0 Å². The molecular weight excluding hydrogens is 232 g/mol. The van der Waals surface area contributed by atoms with E-state index in [9.17, 15) is 0 Å². The molecule has 2 aliphatic rings. The lowest BCUT2D eigenvalue weighted by molar-refractivity contribution is 0.170. The molecule has 2 fully saturated rings. The smallest absolute Gasteiger partial charge is 0.0223 e. The zero-order valence-corrected chi connectivity index (χ0v) is 13.2. The van der Waals surface area contributed by atoms with Crippen molar-refractivity contribution >= 4 is 0 Å². The maximum Gasteiger partial charge on any atom is 0.0223 e. The van der Waals surface area contributed by atoms with Crippen LogP contribution in [0.1, 0.15) is 71.1 Å². The van der Waals surface area contributed by atoms with Crippen molar-refractivity contribution in [3.05, 3.63) is 0 Å². The monoisotopic (exact) mass is 266 g/mol. The molecule has 0 heterocycles. The zero-order valence-electron chi connectivity index (χ0n) is 13.2. The van der Waals surface area contributed by atoms with E-state index in [1.807, 2.05) is 0 Å². The van der Waals surface area contributed by atoms with Crippen molar-refractivity contribution in [3.63, 3.8) is 0 Å². The molecule has 0 aromatic carbocycles. The average Bonchev–Trinajstić information content (AvgIpc) is 2.98. The third-order valence-electron chi connectivity index (χ3n) is 5.31. The molecule has 0 radical (unpaired) electrons. The normalized spacial score (nSPS) is 24.2. The van der Waals surface area contributed by atoms with Crippen LogP contribution in [0.4, 0.5) is 0 Å². The first-order chi connectivity index (χ1) is 9.31. The third kappa shape index (κ3) is 4.75. The van der Waals surface area contributed by atoms with Crippen molar-refractivity contribution in [2.45, 2.75) is 83.2 Å². The molecule has 112 valence electrons. The van der Waals surface area contributed by atoms with Gasteiger partial charge < -0.3 is 10.2 Å². The van der Waals surface area contributed by atoms with Crippen LogP contribution in [0.25, 0.3) is 0 Å². The molecule has 1 atom stereocenters. The van der Waals surface area contributed by atoms with E-state index in [0.717, 1.165) is 18.0 Å². The first-order valence-electron chi connectivity index (χ1n) is 8.75. The van der Waals surface area contributed by atoms with Gasteiger partial charge in [0.1, 0.15) is 0 Å². The summed E-state index contributed by atoms with van der Waals surface area (Å²) >= 11 is 0. The Kier molecular flexibility index (Phi) is 6.66. The lowest BCUT2D eigenvalue weighted by Gasteiger charge is -2.36. The maximum atomic E-state index is 3.85. The van der Waals surface area contributed by atoms with Crippen LogP contribution in [-0.2, 0) is 0 Å². The molecule has 2 rings (SSSR count). The Labute approximate surface area is 120 Å². The van der Waals surface area contributed by atoms with Gasteiger partial charge in [-0.05, 0) is 51.6 Å². The van der Waals surface area contributed by atoms with Gasteiger partial charge in [-0.25, -0.2) is 0 Å². The van der Waals surface area contributed by atoms with Gasteiger partial charge in [-0.15, -0.1) is 0 Å². The highest BCUT2D eigenvalue weighted by Crippen LogP contribution is 2.28. The van der Waals surface area contributed by atoms with Crippen molar-refractivity contribution in [3.8, 4) is 0 Å². The van der Waals surface area contributed by atoms with Gasteiger partial charge in [0, 0.05) is 18.6 Å². The molecule has 0 aliphatic heterocycles. The van der Waals surface area contributed by atoms with Crippen molar-refractivity contribution < 1.29 is 0 Å². The first-order valence-corrected chi connectivity index (χ1v) is 8.75. The summed E-state index contributed by atoms with van der Waals surface area (Å²) in [7, 11) is 2.36. The first kappa shape index (κ1) is 15.3. The molecule has 0 aromatic rings. The average molecular weight is 266 g/mol. The fraction of sp³-hybridized carbons (Fsp3) is 1.00. The molecule has 2 nitrogen and oxygen atoms in total. The summed E-state index contributed by atoms with van der Waals surface area (Å²) in [6.07, 6.45) is 14.3. The molecule has 2 heteroatoms. The molecule has 0 saturated heterocycles. The summed E-state index contributed by atoms with van der Waals surface area (Å²) in [5.41, 5.74) is 0. The summed E-state index contributed by atoms with van der Waals surface area (Å²) < 4.78 is 0. The zero-order chi connectivity index (χ0) is 13.5. The van der Waals surface area contributed by atoms with E-state index in [-0.39, 0.29) is 0 Å². The highest BCUT2D eigenvalue weighted by molar-refractivity contribution is 4.84. The van der Waals surface area contributed by atoms with Gasteiger partial charge in [0.05, 0.1) is 0 Å². The predicted octanol–water partition coefficient (Wildman–Crippen LogP) is 3.81. The van der Waals surface area contributed by atoms with Crippen LogP contribution in [0, 0.1) is 5.92 Å². The number of hydrogen-bond donors (Lipinski definition) is 1. The minimum absolute atomic E-state index is 0.742. The molecule has 1 unspecified atom stereocenters. The van der Waals surface area contributed by atoms with Crippen LogP contribution >= 0.6 is 0 Å². The Morgan fingerprint density at radius 2 is 1.63 bits per heavy atom. The quantitative estimate of drug-likeness (QED) is 0.754. The van der Waals surface area contributed by atoms with E-state index in [0.29, 0.717) is 0 Å². The molecule has 0 spiro atoms. The number of rotatable bonds is 7. The minimum atomic E-state index is 0.742. The number of likely N-dealkylation sites (N-methyl/N-ethyl adjacent to an activating group) is 1. The SMILES string of the molecule is CCCNC(CN(C)C1CCCC1)C1CCCCC1. The van der Waals surface area contributed by atoms with Gasteiger partial charge in [-0.1, -0.05) is 39.0 Å². The second-order valence-electron chi connectivity index (χ2n) is 6.84. The third-order valence-corrected chi connectivity index (χ3v) is 5.31. The van der Waals surface area contributed by atoms with Gasteiger partial charge in [0.15, 0.2) is 0 Å². The summed E-state index contributed by atoms with van der Waals surface area (Å²) in [6, 6.07) is 1.61. The van der Waals surface area contributed by atoms with Gasteiger partial charge in [-0.2, -0.15) is 0 Å². The van der Waals surface area contributed by atoms with E-state index < -0.39 is 0 Å². The van der Waals surface area contributed by atoms with E-state index in [1.165, 1.54) is 77.3 Å². The summed E-state index contributed by atoms with van der Waals surface area (Å²) in [5, 5.41) is 3.85. The Balaban J connectivity index is 1.84. The standard InChI is InChI=1S/C17H34N2/c1-3-13-18-17(15-9-5-4-6-10-15)14-19(2)16-11-7-8-12-16/h15-18H,3-14H2,1-2H3. The molecule has 0 bridgehead atoms. The van der Waals surface area contributed by atoms with Crippen LogP contribution in [0.3, 0.4) is 0 Å². The molecule has 1 N–H and O–H groups in total. The van der Waals surface area contributed by atoms with Crippen molar-refractivity contribution in [1.29, 1.82) is 0 Å². The fourth-order valence-electron chi connectivity index (χ4n) is 4.05. The van der Waals surface area contributed by atoms with Crippen LogP contribution in [0.15, 0.2) is 0 Å². The minimum Gasteiger partial charge on any atom is -0.312 e. The molecule has 0 aromatic heterocycles. The van der Waals surface area contributed by atoms with Crippen LogP contribution in [0.2, 0.25) is 0 Å². The Morgan fingerprint density at radius 3 is 2.26 bits per heavy atom. The summed E-state index contributed by atoms with van der Waals surface area (Å²) in [4.78, 5) is 2.66. The van der Waals surface area contributed by atoms with E-state index >= 15 is 0 Å². The largest absolute Gasteiger partial charge is 0.312 e. The molecular formula is C17H34N2. The Morgan fingerprint density at radius 1 is 1.00 bits per heavy atom. The van der Waals surface area contributed by atoms with E-state index in [1.54, 1.807) is 0 Å². The molecule has 0 amide bonds. The highest BCUT2D eigenvalue weighted by atomic mass is 15.2. The van der Waals surface area contributed by atoms with Crippen molar-refractivity contribution in [1.82, 2.24) is 10.2 Å². The van der Waals surface area contributed by atoms with Crippen LogP contribution < -0.4 is 5.32 Å². The second-order valence-corrected chi connectivity index (χ2v) is 6.84. The number of nitrogens with zero attached hydrogens (tertiary/aromatic N) is 1. The Bertz CT molecular complexity index is 229. The van der Waals surface area contributed by atoms with Gasteiger partial charge in [0.2, 0.25) is 0 Å². The van der Waals surface area contributed by atoms with Crippen LogP contribution in [-0.4, -0.2) is 37.1 Å².